The summed E-state index contributed by atoms with van der Waals surface area (Å²) in [6.45, 7) is 8.01. The van der Waals surface area contributed by atoms with Gasteiger partial charge in [-0.1, -0.05) is 6.07 Å². The Labute approximate surface area is 146 Å². The summed E-state index contributed by atoms with van der Waals surface area (Å²) in [5.74, 6) is 1.30. The first-order valence-electron chi connectivity index (χ1n) is 8.07. The number of ketones is 1. The third kappa shape index (κ3) is 3.45. The van der Waals surface area contributed by atoms with Gasteiger partial charge in [-0.2, -0.15) is 0 Å². The molecule has 1 aromatic heterocycles. The van der Waals surface area contributed by atoms with Crippen LogP contribution in [0.1, 0.15) is 39.5 Å². The number of aromatic nitrogens is 2. The molecular weight excluding hydrogens is 316 g/mol. The van der Waals surface area contributed by atoms with Crippen LogP contribution in [0.25, 0.3) is 11.5 Å². The molecule has 0 aliphatic heterocycles. The minimum atomic E-state index is 0.0835. The van der Waals surface area contributed by atoms with Crippen LogP contribution in [0.2, 0.25) is 0 Å². The zero-order valence-electron chi connectivity index (χ0n) is 14.8. The predicted octanol–water partition coefficient (Wildman–Crippen LogP) is 4.44. The Morgan fingerprint density at radius 1 is 1.12 bits per heavy atom. The fraction of sp³-hybridized carbons (Fsp3) is 0.250. The lowest BCUT2D eigenvalue weighted by atomic mass is 9.92. The van der Waals surface area contributed by atoms with Gasteiger partial charge in [-0.05, 0) is 74.2 Å². The topological polar surface area (TPSA) is 65.2 Å². The average Bonchev–Trinajstić information content (AvgIpc) is 3.09. The maximum atomic E-state index is 11.9. The van der Waals surface area contributed by atoms with Crippen LogP contribution in [0, 0.1) is 20.8 Å². The van der Waals surface area contributed by atoms with E-state index in [2.05, 4.69) is 10.2 Å². The van der Waals surface area contributed by atoms with Crippen LogP contribution < -0.4 is 4.74 Å². The summed E-state index contributed by atoms with van der Waals surface area (Å²) >= 11 is 0. The molecule has 0 aliphatic carbocycles. The highest BCUT2D eigenvalue weighted by molar-refractivity contribution is 5.97. The number of aryl methyl sites for hydroxylation is 2. The number of ether oxygens (including phenoxy) is 1. The van der Waals surface area contributed by atoms with Gasteiger partial charge < -0.3 is 9.15 Å². The van der Waals surface area contributed by atoms with Crippen molar-refractivity contribution in [1.82, 2.24) is 10.2 Å². The predicted molar refractivity (Wildman–Crippen MR) is 94.7 cm³/mol. The van der Waals surface area contributed by atoms with E-state index in [9.17, 15) is 4.79 Å². The Hall–Kier alpha value is -2.95. The summed E-state index contributed by atoms with van der Waals surface area (Å²) < 4.78 is 11.1. The van der Waals surface area contributed by atoms with Crippen molar-refractivity contribution < 1.29 is 13.9 Å². The Balaban J connectivity index is 1.80. The third-order valence-corrected chi connectivity index (χ3v) is 4.33. The zero-order valence-corrected chi connectivity index (χ0v) is 14.8. The minimum Gasteiger partial charge on any atom is -0.489 e. The van der Waals surface area contributed by atoms with Crippen molar-refractivity contribution in [1.29, 1.82) is 0 Å². The quantitative estimate of drug-likeness (QED) is 0.644. The largest absolute Gasteiger partial charge is 0.489 e. The lowest BCUT2D eigenvalue weighted by Gasteiger charge is -2.16. The van der Waals surface area contributed by atoms with Crippen molar-refractivity contribution in [3.63, 3.8) is 0 Å². The van der Waals surface area contributed by atoms with Crippen molar-refractivity contribution in [2.75, 3.05) is 0 Å². The Morgan fingerprint density at radius 3 is 2.44 bits per heavy atom. The summed E-state index contributed by atoms with van der Waals surface area (Å²) in [4.78, 5) is 11.9. The molecule has 0 atom stereocenters. The summed E-state index contributed by atoms with van der Waals surface area (Å²) in [5.41, 5.74) is 5.81. The van der Waals surface area contributed by atoms with Crippen molar-refractivity contribution in [2.45, 2.75) is 34.3 Å². The average molecular weight is 336 g/mol. The first kappa shape index (κ1) is 16.9. The lowest BCUT2D eigenvalue weighted by Crippen LogP contribution is -2.08. The Morgan fingerprint density at radius 2 is 1.84 bits per heavy atom. The van der Waals surface area contributed by atoms with E-state index in [1.807, 2.05) is 51.1 Å². The van der Waals surface area contributed by atoms with Gasteiger partial charge in [-0.15, -0.1) is 10.2 Å². The molecule has 3 rings (SSSR count). The number of nitrogens with zero attached hydrogens (tertiary/aromatic N) is 2. The van der Waals surface area contributed by atoms with Gasteiger partial charge in [0.2, 0.25) is 12.3 Å². The summed E-state index contributed by atoms with van der Waals surface area (Å²) in [6.07, 6.45) is 1.30. The van der Waals surface area contributed by atoms with E-state index in [4.69, 9.17) is 9.15 Å². The van der Waals surface area contributed by atoms with Gasteiger partial charge in [0.05, 0.1) is 0 Å². The molecule has 128 valence electrons. The molecule has 1 heterocycles. The third-order valence-electron chi connectivity index (χ3n) is 4.33. The normalized spacial score (nSPS) is 10.7. The molecular formula is C20H20N2O3. The van der Waals surface area contributed by atoms with Crippen molar-refractivity contribution in [3.8, 4) is 17.2 Å². The van der Waals surface area contributed by atoms with Gasteiger partial charge in [0.15, 0.2) is 5.78 Å². The van der Waals surface area contributed by atoms with Gasteiger partial charge in [0.25, 0.3) is 0 Å². The first-order chi connectivity index (χ1) is 12.0. The number of hydrogen-bond donors (Lipinski definition) is 0. The minimum absolute atomic E-state index is 0.0835. The van der Waals surface area contributed by atoms with Crippen LogP contribution in [-0.2, 0) is 6.61 Å². The van der Waals surface area contributed by atoms with Gasteiger partial charge in [0, 0.05) is 11.1 Å². The second-order valence-corrected chi connectivity index (χ2v) is 6.10. The van der Waals surface area contributed by atoms with Gasteiger partial charge in [-0.25, -0.2) is 0 Å². The molecule has 0 N–H and O–H groups in total. The van der Waals surface area contributed by atoms with E-state index in [0.717, 1.165) is 39.1 Å². The van der Waals surface area contributed by atoms with E-state index in [0.29, 0.717) is 12.5 Å². The molecule has 0 aliphatic rings. The monoisotopic (exact) mass is 336 g/mol. The van der Waals surface area contributed by atoms with E-state index < -0.39 is 0 Å². The van der Waals surface area contributed by atoms with E-state index >= 15 is 0 Å². The number of carbonyl (C=O) groups excluding carboxylic acids is 1. The zero-order chi connectivity index (χ0) is 18.0. The van der Waals surface area contributed by atoms with Crippen LogP contribution in [0.3, 0.4) is 0 Å². The summed E-state index contributed by atoms with van der Waals surface area (Å²) in [7, 11) is 0. The molecule has 0 unspecified atom stereocenters. The molecule has 0 amide bonds. The SMILES string of the molecule is CC(=O)c1c(C)cc(C)c(COc2ccc(-c3nnco3)cc2)c1C. The molecule has 0 spiro atoms. The van der Waals surface area contributed by atoms with E-state index in [1.54, 1.807) is 6.92 Å². The van der Waals surface area contributed by atoms with Gasteiger partial charge in [-0.3, -0.25) is 4.79 Å². The smallest absolute Gasteiger partial charge is 0.247 e. The Bertz CT molecular complexity index is 898. The lowest BCUT2D eigenvalue weighted by molar-refractivity contribution is 0.101. The number of carbonyl (C=O) groups is 1. The highest BCUT2D eigenvalue weighted by Gasteiger charge is 2.14. The molecule has 0 bridgehead atoms. The second-order valence-electron chi connectivity index (χ2n) is 6.10. The first-order valence-corrected chi connectivity index (χ1v) is 8.07. The van der Waals surface area contributed by atoms with Crippen LogP contribution in [-0.4, -0.2) is 16.0 Å². The fourth-order valence-corrected chi connectivity index (χ4v) is 3.14. The molecule has 0 fully saturated rings. The summed E-state index contributed by atoms with van der Waals surface area (Å²) in [6, 6.07) is 9.52. The van der Waals surface area contributed by atoms with E-state index in [1.165, 1.54) is 6.39 Å². The van der Waals surface area contributed by atoms with Gasteiger partial charge in [0.1, 0.15) is 12.4 Å². The number of hydrogen-bond acceptors (Lipinski definition) is 5. The van der Waals surface area contributed by atoms with Crippen LogP contribution in [0.15, 0.2) is 41.1 Å². The highest BCUT2D eigenvalue weighted by Crippen LogP contribution is 2.25. The maximum absolute atomic E-state index is 11.9. The molecule has 0 saturated heterocycles. The van der Waals surface area contributed by atoms with Gasteiger partial charge >= 0.3 is 0 Å². The molecule has 2 aromatic carbocycles. The molecule has 5 nitrogen and oxygen atoms in total. The number of rotatable bonds is 5. The standard InChI is InChI=1S/C20H20N2O3/c1-12-9-13(2)19(15(4)23)14(3)18(12)10-24-17-7-5-16(6-8-17)20-22-21-11-25-20/h5-9,11H,10H2,1-4H3. The molecule has 0 radical (unpaired) electrons. The highest BCUT2D eigenvalue weighted by atomic mass is 16.5. The van der Waals surface area contributed by atoms with Crippen molar-refractivity contribution >= 4 is 5.78 Å². The maximum Gasteiger partial charge on any atom is 0.247 e. The molecule has 3 aromatic rings. The van der Waals surface area contributed by atoms with Crippen LogP contribution >= 0.6 is 0 Å². The number of Topliss-reactive ketones (excluding diaryl/α,β-unsaturated/α-hetero) is 1. The second kappa shape index (κ2) is 6.89. The molecule has 5 heteroatoms. The van der Waals surface area contributed by atoms with Crippen molar-refractivity contribution in [3.05, 3.63) is 64.5 Å². The summed E-state index contributed by atoms with van der Waals surface area (Å²) in [5, 5.41) is 7.55. The van der Waals surface area contributed by atoms with E-state index in [-0.39, 0.29) is 5.78 Å². The Kier molecular flexibility index (Phi) is 4.65. The molecule has 25 heavy (non-hydrogen) atoms. The number of benzene rings is 2. The van der Waals surface area contributed by atoms with Crippen molar-refractivity contribution in [2.24, 2.45) is 0 Å². The fourth-order valence-electron chi connectivity index (χ4n) is 3.14. The van der Waals surface area contributed by atoms with Crippen LogP contribution in [0.5, 0.6) is 5.75 Å². The molecule has 0 saturated carbocycles. The van der Waals surface area contributed by atoms with Crippen LogP contribution in [0.4, 0.5) is 0 Å².